The van der Waals surface area contributed by atoms with Crippen LogP contribution in [0.3, 0.4) is 0 Å². The van der Waals surface area contributed by atoms with Crippen molar-refractivity contribution < 1.29 is 9.66 Å². The lowest BCUT2D eigenvalue weighted by Gasteiger charge is -2.19. The third-order valence-electron chi connectivity index (χ3n) is 3.57. The number of rotatable bonds is 6. The number of benzene rings is 1. The Morgan fingerprint density at radius 3 is 2.48 bits per heavy atom. The second kappa shape index (κ2) is 7.62. The van der Waals surface area contributed by atoms with E-state index >= 15 is 0 Å². The van der Waals surface area contributed by atoms with Crippen molar-refractivity contribution in [3.63, 3.8) is 0 Å². The Hall–Kier alpha value is -3.14. The molecule has 1 aromatic heterocycles. The Kier molecular flexibility index (Phi) is 5.55. The van der Waals surface area contributed by atoms with E-state index in [9.17, 15) is 10.1 Å². The first-order chi connectivity index (χ1) is 11.8. The van der Waals surface area contributed by atoms with Gasteiger partial charge in [-0.05, 0) is 29.2 Å². The molecule has 2 rings (SSSR count). The second-order valence-corrected chi connectivity index (χ2v) is 6.48. The monoisotopic (exact) mass is 340 g/mol. The third kappa shape index (κ3) is 4.91. The van der Waals surface area contributed by atoms with Gasteiger partial charge in [0.15, 0.2) is 0 Å². The normalized spacial score (nSPS) is 10.8. The van der Waals surface area contributed by atoms with Crippen LogP contribution in [-0.4, -0.2) is 23.1 Å². The molecule has 7 heteroatoms. The standard InChI is InChI=1S/C18H20N4O3/c1-18(2,3)13-4-6-14(7-5-13)25-11-10-20-17-9-8-16(22(23)24)15(12-19)21-17/h4-9H,10-11H2,1-3H3,(H,20,21). The van der Waals surface area contributed by atoms with E-state index in [0.717, 1.165) is 5.75 Å². The van der Waals surface area contributed by atoms with Crippen molar-refractivity contribution in [1.82, 2.24) is 4.98 Å². The van der Waals surface area contributed by atoms with Crippen LogP contribution < -0.4 is 10.1 Å². The SMILES string of the molecule is CC(C)(C)c1ccc(OCCNc2ccc([N+](=O)[O-])c(C#N)n2)cc1. The minimum atomic E-state index is -0.625. The van der Waals surface area contributed by atoms with Gasteiger partial charge in [0.2, 0.25) is 5.69 Å². The molecule has 0 atom stereocenters. The van der Waals surface area contributed by atoms with Crippen molar-refractivity contribution in [1.29, 1.82) is 5.26 Å². The highest BCUT2D eigenvalue weighted by atomic mass is 16.6. The summed E-state index contributed by atoms with van der Waals surface area (Å²) in [7, 11) is 0. The van der Waals surface area contributed by atoms with Crippen molar-refractivity contribution >= 4 is 11.5 Å². The van der Waals surface area contributed by atoms with Crippen LogP contribution in [0.15, 0.2) is 36.4 Å². The summed E-state index contributed by atoms with van der Waals surface area (Å²) in [5, 5.41) is 22.7. The molecule has 0 radical (unpaired) electrons. The Morgan fingerprint density at radius 1 is 1.24 bits per heavy atom. The Morgan fingerprint density at radius 2 is 1.92 bits per heavy atom. The number of hydrogen-bond donors (Lipinski definition) is 1. The molecule has 1 N–H and O–H groups in total. The van der Waals surface area contributed by atoms with E-state index in [1.165, 1.54) is 17.7 Å². The first-order valence-electron chi connectivity index (χ1n) is 7.84. The highest BCUT2D eigenvalue weighted by Gasteiger charge is 2.15. The Bertz CT molecular complexity index is 789. The van der Waals surface area contributed by atoms with Gasteiger partial charge in [-0.1, -0.05) is 32.9 Å². The van der Waals surface area contributed by atoms with Crippen molar-refractivity contribution in [2.24, 2.45) is 0 Å². The maximum absolute atomic E-state index is 10.8. The molecule has 0 spiro atoms. The van der Waals surface area contributed by atoms with Crippen LogP contribution in [0.25, 0.3) is 0 Å². The zero-order chi connectivity index (χ0) is 18.4. The van der Waals surface area contributed by atoms with Gasteiger partial charge < -0.3 is 10.1 Å². The van der Waals surface area contributed by atoms with Crippen molar-refractivity contribution in [2.75, 3.05) is 18.5 Å². The number of nitriles is 1. The molecule has 130 valence electrons. The van der Waals surface area contributed by atoms with Crippen molar-refractivity contribution in [2.45, 2.75) is 26.2 Å². The molecule has 0 aliphatic carbocycles. The van der Waals surface area contributed by atoms with E-state index in [2.05, 4.69) is 31.1 Å². The van der Waals surface area contributed by atoms with E-state index < -0.39 is 4.92 Å². The van der Waals surface area contributed by atoms with Gasteiger partial charge >= 0.3 is 5.69 Å². The summed E-state index contributed by atoms with van der Waals surface area (Å²) in [6, 6.07) is 12.4. The predicted molar refractivity (Wildman–Crippen MR) is 94.7 cm³/mol. The molecule has 0 bridgehead atoms. The third-order valence-corrected chi connectivity index (χ3v) is 3.57. The molecule has 0 unspecified atom stereocenters. The molecule has 0 aliphatic heterocycles. The van der Waals surface area contributed by atoms with Gasteiger partial charge in [-0.3, -0.25) is 10.1 Å². The topological polar surface area (TPSA) is 101 Å². The number of hydrogen-bond acceptors (Lipinski definition) is 6. The molecular formula is C18H20N4O3. The van der Waals surface area contributed by atoms with Crippen LogP contribution in [0, 0.1) is 21.4 Å². The summed E-state index contributed by atoms with van der Waals surface area (Å²) in [6.07, 6.45) is 0. The van der Waals surface area contributed by atoms with Crippen LogP contribution in [-0.2, 0) is 5.41 Å². The maximum atomic E-state index is 10.8. The van der Waals surface area contributed by atoms with Gasteiger partial charge in [-0.2, -0.15) is 5.26 Å². The summed E-state index contributed by atoms with van der Waals surface area (Å²) in [6.45, 7) is 7.31. The summed E-state index contributed by atoms with van der Waals surface area (Å²) in [4.78, 5) is 14.1. The van der Waals surface area contributed by atoms with Gasteiger partial charge in [0.25, 0.3) is 0 Å². The minimum absolute atomic E-state index is 0.0973. The number of anilines is 1. The number of aromatic nitrogens is 1. The Labute approximate surface area is 146 Å². The van der Waals surface area contributed by atoms with Crippen LogP contribution in [0.5, 0.6) is 5.75 Å². The number of nitrogens with one attached hydrogen (secondary N) is 1. The van der Waals surface area contributed by atoms with Gasteiger partial charge in [0.1, 0.15) is 24.2 Å². The largest absolute Gasteiger partial charge is 0.492 e. The van der Waals surface area contributed by atoms with E-state index in [1.54, 1.807) is 6.07 Å². The number of nitrogens with zero attached hydrogens (tertiary/aromatic N) is 3. The fourth-order valence-corrected chi connectivity index (χ4v) is 2.18. The molecule has 1 heterocycles. The minimum Gasteiger partial charge on any atom is -0.492 e. The summed E-state index contributed by atoms with van der Waals surface area (Å²) in [5.74, 6) is 1.16. The van der Waals surface area contributed by atoms with E-state index in [-0.39, 0.29) is 16.8 Å². The average Bonchev–Trinajstić information content (AvgIpc) is 2.58. The summed E-state index contributed by atoms with van der Waals surface area (Å²) in [5.41, 5.74) is 0.814. The number of nitro groups is 1. The number of ether oxygens (including phenoxy) is 1. The van der Waals surface area contributed by atoms with Crippen LogP contribution >= 0.6 is 0 Å². The molecule has 0 fully saturated rings. The summed E-state index contributed by atoms with van der Waals surface area (Å²) < 4.78 is 5.65. The highest BCUT2D eigenvalue weighted by molar-refractivity contribution is 5.50. The first-order valence-corrected chi connectivity index (χ1v) is 7.84. The molecule has 0 saturated carbocycles. The lowest BCUT2D eigenvalue weighted by molar-refractivity contribution is -0.385. The van der Waals surface area contributed by atoms with Gasteiger partial charge in [0, 0.05) is 6.07 Å². The summed E-state index contributed by atoms with van der Waals surface area (Å²) >= 11 is 0. The quantitative estimate of drug-likeness (QED) is 0.489. The molecule has 7 nitrogen and oxygen atoms in total. The van der Waals surface area contributed by atoms with E-state index in [4.69, 9.17) is 10.00 Å². The van der Waals surface area contributed by atoms with Crippen molar-refractivity contribution in [3.05, 3.63) is 57.8 Å². The number of pyridine rings is 1. The van der Waals surface area contributed by atoms with Crippen LogP contribution in [0.1, 0.15) is 32.0 Å². The van der Waals surface area contributed by atoms with Gasteiger partial charge in [-0.15, -0.1) is 0 Å². The lowest BCUT2D eigenvalue weighted by atomic mass is 9.87. The molecular weight excluding hydrogens is 320 g/mol. The maximum Gasteiger partial charge on any atom is 0.305 e. The molecule has 2 aromatic rings. The molecule has 0 amide bonds. The molecule has 0 aliphatic rings. The molecule has 1 aromatic carbocycles. The molecule has 25 heavy (non-hydrogen) atoms. The van der Waals surface area contributed by atoms with E-state index in [0.29, 0.717) is 19.0 Å². The van der Waals surface area contributed by atoms with Gasteiger partial charge in [0.05, 0.1) is 11.5 Å². The van der Waals surface area contributed by atoms with E-state index in [1.807, 2.05) is 24.3 Å². The lowest BCUT2D eigenvalue weighted by Crippen LogP contribution is -2.13. The van der Waals surface area contributed by atoms with Crippen LogP contribution in [0.4, 0.5) is 11.5 Å². The first kappa shape index (κ1) is 18.2. The zero-order valence-electron chi connectivity index (χ0n) is 14.4. The smallest absolute Gasteiger partial charge is 0.305 e. The zero-order valence-corrected chi connectivity index (χ0v) is 14.4. The fourth-order valence-electron chi connectivity index (χ4n) is 2.18. The van der Waals surface area contributed by atoms with Gasteiger partial charge in [-0.25, -0.2) is 4.98 Å². The highest BCUT2D eigenvalue weighted by Crippen LogP contribution is 2.24. The Balaban J connectivity index is 1.87. The predicted octanol–water partition coefficient (Wildman–Crippen LogP) is 3.65. The van der Waals surface area contributed by atoms with Crippen molar-refractivity contribution in [3.8, 4) is 11.8 Å². The average molecular weight is 340 g/mol. The van der Waals surface area contributed by atoms with Crippen LogP contribution in [0.2, 0.25) is 0 Å². The second-order valence-electron chi connectivity index (χ2n) is 6.48. The molecule has 0 saturated heterocycles. The fraction of sp³-hybridized carbons (Fsp3) is 0.333.